The molecular formula is C26H34F2N2S. The monoisotopic (exact) mass is 444 g/mol. The summed E-state index contributed by atoms with van der Waals surface area (Å²) in [4.78, 5) is 0. The van der Waals surface area contributed by atoms with E-state index < -0.39 is 11.6 Å². The van der Waals surface area contributed by atoms with E-state index in [1.165, 1.54) is 47.4 Å². The van der Waals surface area contributed by atoms with Gasteiger partial charge in [-0.25, -0.2) is 8.78 Å². The minimum absolute atomic E-state index is 0.278. The summed E-state index contributed by atoms with van der Waals surface area (Å²) in [5, 5.41) is 3.64. The summed E-state index contributed by atoms with van der Waals surface area (Å²) in [7, 11) is 0. The molecule has 31 heavy (non-hydrogen) atoms. The Morgan fingerprint density at radius 1 is 1.00 bits per heavy atom. The van der Waals surface area contributed by atoms with Crippen molar-refractivity contribution in [2.45, 2.75) is 63.8 Å². The molecule has 0 aliphatic heterocycles. The van der Waals surface area contributed by atoms with Crippen LogP contribution >= 0.6 is 11.9 Å². The van der Waals surface area contributed by atoms with E-state index in [4.69, 9.17) is 0 Å². The second-order valence-corrected chi connectivity index (χ2v) is 9.96. The lowest BCUT2D eigenvalue weighted by Gasteiger charge is -2.35. The summed E-state index contributed by atoms with van der Waals surface area (Å²) in [6, 6.07) is 11.6. The van der Waals surface area contributed by atoms with Gasteiger partial charge in [-0.15, -0.1) is 0 Å². The van der Waals surface area contributed by atoms with Gasteiger partial charge in [0.25, 0.3) is 0 Å². The van der Waals surface area contributed by atoms with Crippen LogP contribution in [-0.2, 0) is 19.3 Å². The smallest absolute Gasteiger partial charge is 0.159 e. The topological polar surface area (TPSA) is 24.1 Å². The van der Waals surface area contributed by atoms with Crippen LogP contribution < -0.4 is 10.0 Å². The molecule has 2 nitrogen and oxygen atoms in total. The molecule has 2 unspecified atom stereocenters. The summed E-state index contributed by atoms with van der Waals surface area (Å²) in [5.74, 6) is 0.947. The van der Waals surface area contributed by atoms with Crippen molar-refractivity contribution in [3.8, 4) is 0 Å². The van der Waals surface area contributed by atoms with Crippen LogP contribution in [0.2, 0.25) is 0 Å². The lowest BCUT2D eigenvalue weighted by atomic mass is 9.75. The predicted molar refractivity (Wildman–Crippen MR) is 127 cm³/mol. The molecule has 0 spiro atoms. The van der Waals surface area contributed by atoms with E-state index in [1.54, 1.807) is 6.07 Å². The molecule has 0 saturated heterocycles. The molecule has 0 bridgehead atoms. The predicted octanol–water partition coefficient (Wildman–Crippen LogP) is 5.80. The minimum atomic E-state index is -0.776. The molecule has 0 radical (unpaired) electrons. The maximum Gasteiger partial charge on any atom is 0.159 e. The first-order valence-corrected chi connectivity index (χ1v) is 12.8. The van der Waals surface area contributed by atoms with Crippen molar-refractivity contribution in [3.05, 3.63) is 70.3 Å². The molecule has 2 aliphatic rings. The van der Waals surface area contributed by atoms with Crippen molar-refractivity contribution in [2.75, 3.05) is 18.8 Å². The Labute approximate surface area is 189 Å². The highest BCUT2D eigenvalue weighted by Gasteiger charge is 2.29. The van der Waals surface area contributed by atoms with Crippen LogP contribution in [0, 0.1) is 17.6 Å². The van der Waals surface area contributed by atoms with E-state index in [9.17, 15) is 8.78 Å². The number of hydrogen-bond acceptors (Lipinski definition) is 3. The lowest BCUT2D eigenvalue weighted by Crippen LogP contribution is -2.39. The maximum absolute atomic E-state index is 13.8. The zero-order valence-electron chi connectivity index (χ0n) is 18.4. The molecule has 5 heteroatoms. The van der Waals surface area contributed by atoms with Gasteiger partial charge in [0.2, 0.25) is 0 Å². The molecule has 4 rings (SSSR count). The first kappa shape index (κ1) is 22.8. The van der Waals surface area contributed by atoms with Gasteiger partial charge >= 0.3 is 0 Å². The maximum atomic E-state index is 13.8. The van der Waals surface area contributed by atoms with Gasteiger partial charge in [0.05, 0.1) is 0 Å². The molecule has 1 fully saturated rings. The van der Waals surface area contributed by atoms with Crippen molar-refractivity contribution < 1.29 is 8.78 Å². The van der Waals surface area contributed by atoms with Crippen LogP contribution in [0.25, 0.3) is 0 Å². The number of hydrogen-bond donors (Lipinski definition) is 2. The molecule has 2 aromatic carbocycles. The van der Waals surface area contributed by atoms with Crippen LogP contribution in [0.3, 0.4) is 0 Å². The third-order valence-electron chi connectivity index (χ3n) is 6.59. The van der Waals surface area contributed by atoms with Crippen molar-refractivity contribution in [2.24, 2.45) is 5.92 Å². The average Bonchev–Trinajstić information content (AvgIpc) is 3.59. The third kappa shape index (κ3) is 6.30. The van der Waals surface area contributed by atoms with Crippen LogP contribution in [0.1, 0.15) is 60.8 Å². The quantitative estimate of drug-likeness (QED) is 0.339. The molecule has 0 heterocycles. The summed E-state index contributed by atoms with van der Waals surface area (Å²) in [5.41, 5.74) is 5.03. The highest BCUT2D eigenvalue weighted by atomic mass is 32.2. The van der Waals surface area contributed by atoms with Gasteiger partial charge in [0.15, 0.2) is 11.6 Å². The molecular weight excluding hydrogens is 410 g/mol. The summed E-state index contributed by atoms with van der Waals surface area (Å²) in [6.45, 7) is 4.08. The Balaban J connectivity index is 1.43. The van der Waals surface area contributed by atoms with Gasteiger partial charge in [-0.05, 0) is 91.8 Å². The average molecular weight is 445 g/mol. The third-order valence-corrected chi connectivity index (χ3v) is 7.63. The highest BCUT2D eigenvalue weighted by Crippen LogP contribution is 2.36. The fourth-order valence-electron chi connectivity index (χ4n) is 4.68. The van der Waals surface area contributed by atoms with E-state index in [1.807, 2.05) is 11.9 Å². The minimum Gasteiger partial charge on any atom is -0.314 e. The first-order chi connectivity index (χ1) is 15.1. The van der Waals surface area contributed by atoms with Gasteiger partial charge in [0, 0.05) is 24.3 Å². The number of nitrogens with one attached hydrogen (secondary N) is 2. The highest BCUT2D eigenvalue weighted by molar-refractivity contribution is 7.97. The Kier molecular flexibility index (Phi) is 8.02. The molecule has 2 N–H and O–H groups in total. The van der Waals surface area contributed by atoms with Crippen molar-refractivity contribution in [3.63, 3.8) is 0 Å². The van der Waals surface area contributed by atoms with Crippen molar-refractivity contribution in [1.82, 2.24) is 10.0 Å². The van der Waals surface area contributed by atoms with E-state index in [0.29, 0.717) is 6.04 Å². The summed E-state index contributed by atoms with van der Waals surface area (Å²) in [6.07, 6.45) is 7.88. The second kappa shape index (κ2) is 10.9. The zero-order chi connectivity index (χ0) is 21.6. The lowest BCUT2D eigenvalue weighted by molar-refractivity contribution is 0.391. The second-order valence-electron chi connectivity index (χ2n) is 9.05. The van der Waals surface area contributed by atoms with Gasteiger partial charge in [-0.1, -0.05) is 43.1 Å². The van der Waals surface area contributed by atoms with Crippen molar-refractivity contribution >= 4 is 11.9 Å². The molecule has 2 aliphatic carbocycles. The fraction of sp³-hybridized carbons (Fsp3) is 0.538. The largest absolute Gasteiger partial charge is 0.314 e. The Morgan fingerprint density at radius 3 is 2.61 bits per heavy atom. The number of likely N-dealkylation sites (N-methyl/N-ethyl adjacent to an activating group) is 1. The number of fused-ring (bicyclic) bond motifs is 1. The Hall–Kier alpha value is -1.43. The first-order valence-electron chi connectivity index (χ1n) is 11.8. The number of benzene rings is 2. The number of halogens is 2. The normalized spacial score (nSPS) is 20.6. The summed E-state index contributed by atoms with van der Waals surface area (Å²) >= 11 is 1.88. The van der Waals surface area contributed by atoms with E-state index in [2.05, 4.69) is 35.2 Å². The molecule has 1 saturated carbocycles. The van der Waals surface area contributed by atoms with Gasteiger partial charge < -0.3 is 5.32 Å². The number of aryl methyl sites for hydroxylation is 2. The van der Waals surface area contributed by atoms with E-state index >= 15 is 0 Å². The number of rotatable bonds is 11. The Morgan fingerprint density at radius 2 is 1.84 bits per heavy atom. The van der Waals surface area contributed by atoms with E-state index in [-0.39, 0.29) is 5.92 Å². The fourth-order valence-corrected chi connectivity index (χ4v) is 5.65. The molecule has 2 atom stereocenters. The summed E-state index contributed by atoms with van der Waals surface area (Å²) < 4.78 is 30.7. The van der Waals surface area contributed by atoms with Crippen LogP contribution in [-0.4, -0.2) is 24.9 Å². The van der Waals surface area contributed by atoms with Gasteiger partial charge in [-0.2, -0.15) is 0 Å². The molecule has 2 aromatic rings. The molecule has 0 amide bonds. The van der Waals surface area contributed by atoms with Gasteiger partial charge in [-0.3, -0.25) is 4.72 Å². The van der Waals surface area contributed by atoms with Crippen LogP contribution in [0.5, 0.6) is 0 Å². The zero-order valence-corrected chi connectivity index (χ0v) is 19.2. The van der Waals surface area contributed by atoms with Crippen molar-refractivity contribution in [1.29, 1.82) is 0 Å². The van der Waals surface area contributed by atoms with Crippen LogP contribution in [0.15, 0.2) is 36.4 Å². The van der Waals surface area contributed by atoms with E-state index in [0.717, 1.165) is 56.7 Å². The molecule has 168 valence electrons. The van der Waals surface area contributed by atoms with Gasteiger partial charge in [0.1, 0.15) is 0 Å². The Bertz CT molecular complexity index is 868. The SMILES string of the molecule is CCNC1CCc2ccc(CCCNSCC3CC3)cc2C1Cc1ccc(F)c(F)c1. The standard InChI is InChI=1S/C26H34F2N2S/c1-2-29-26-12-10-21-9-7-18(4-3-13-30-31-17-19-5-6-19)14-22(21)23(26)15-20-8-11-24(27)25(28)16-20/h7-9,11,14,16,19,23,26,29-30H,2-6,10,12-13,15,17H2,1H3. The van der Waals surface area contributed by atoms with Crippen LogP contribution in [0.4, 0.5) is 8.78 Å². The molecule has 0 aromatic heterocycles.